The van der Waals surface area contributed by atoms with Crippen LogP contribution in [0.1, 0.15) is 19.5 Å². The molecule has 0 unspecified atom stereocenters. The normalized spacial score (nSPS) is 11.1. The van der Waals surface area contributed by atoms with E-state index in [2.05, 4.69) is 39.7 Å². The number of hydrogen-bond acceptors (Lipinski definition) is 2. The van der Waals surface area contributed by atoms with Gasteiger partial charge in [0, 0.05) is 11.3 Å². The molecule has 1 aromatic carbocycles. The van der Waals surface area contributed by atoms with Crippen molar-refractivity contribution >= 4 is 39.7 Å². The standard InChI is InChI=1S/C14H13BrClFN2S/c1-7(2)5-11-12(15)14(20)19-13(18-11)9-4-3-8(17)6-10(9)16/h3-4,6-7H,5H2,1-2H3,(H,18,19,20). The number of aromatic nitrogens is 2. The Morgan fingerprint density at radius 2 is 2.15 bits per heavy atom. The third-order valence-corrected chi connectivity index (χ3v) is 4.46. The van der Waals surface area contributed by atoms with Crippen molar-refractivity contribution in [1.82, 2.24) is 9.97 Å². The van der Waals surface area contributed by atoms with E-state index in [1.54, 1.807) is 6.07 Å². The van der Waals surface area contributed by atoms with Crippen LogP contribution in [0.4, 0.5) is 4.39 Å². The Morgan fingerprint density at radius 1 is 1.45 bits per heavy atom. The highest BCUT2D eigenvalue weighted by molar-refractivity contribution is 9.10. The van der Waals surface area contributed by atoms with Gasteiger partial charge in [0.1, 0.15) is 16.3 Å². The van der Waals surface area contributed by atoms with Crippen LogP contribution >= 0.6 is 39.7 Å². The van der Waals surface area contributed by atoms with Gasteiger partial charge in [-0.2, -0.15) is 0 Å². The number of aromatic amines is 1. The molecule has 0 amide bonds. The molecule has 0 saturated heterocycles. The summed E-state index contributed by atoms with van der Waals surface area (Å²) in [6.45, 7) is 4.24. The summed E-state index contributed by atoms with van der Waals surface area (Å²) in [6, 6.07) is 4.21. The molecule has 1 aromatic heterocycles. The number of nitrogens with one attached hydrogen (secondary N) is 1. The van der Waals surface area contributed by atoms with Crippen LogP contribution < -0.4 is 0 Å². The van der Waals surface area contributed by atoms with E-state index in [0.29, 0.717) is 27.0 Å². The summed E-state index contributed by atoms with van der Waals surface area (Å²) in [5.74, 6) is 0.645. The first-order chi connectivity index (χ1) is 9.38. The van der Waals surface area contributed by atoms with Gasteiger partial charge in [-0.05, 0) is 46.5 Å². The largest absolute Gasteiger partial charge is 0.342 e. The van der Waals surface area contributed by atoms with E-state index in [9.17, 15) is 4.39 Å². The maximum Gasteiger partial charge on any atom is 0.144 e. The molecule has 1 N–H and O–H groups in total. The van der Waals surface area contributed by atoms with Crippen LogP contribution in [0.3, 0.4) is 0 Å². The number of H-pyrrole nitrogens is 1. The lowest BCUT2D eigenvalue weighted by Crippen LogP contribution is -2.03. The van der Waals surface area contributed by atoms with E-state index >= 15 is 0 Å². The summed E-state index contributed by atoms with van der Waals surface area (Å²) in [5.41, 5.74) is 1.60. The Bertz CT molecular complexity index is 700. The number of benzene rings is 1. The van der Waals surface area contributed by atoms with E-state index in [0.717, 1.165) is 16.6 Å². The van der Waals surface area contributed by atoms with E-state index in [1.165, 1.54) is 12.1 Å². The zero-order chi connectivity index (χ0) is 14.9. The lowest BCUT2D eigenvalue weighted by atomic mass is 10.1. The second kappa shape index (κ2) is 6.33. The predicted molar refractivity (Wildman–Crippen MR) is 86.1 cm³/mol. The molecule has 1 heterocycles. The Balaban J connectivity index is 2.57. The molecule has 2 rings (SSSR count). The summed E-state index contributed by atoms with van der Waals surface area (Å²) < 4.78 is 14.4. The highest BCUT2D eigenvalue weighted by Gasteiger charge is 2.12. The minimum absolute atomic E-state index is 0.306. The van der Waals surface area contributed by atoms with Crippen molar-refractivity contribution < 1.29 is 4.39 Å². The van der Waals surface area contributed by atoms with Crippen molar-refractivity contribution in [3.63, 3.8) is 0 Å². The smallest absolute Gasteiger partial charge is 0.144 e. The zero-order valence-electron chi connectivity index (χ0n) is 11.0. The number of nitrogens with zero attached hydrogens (tertiary/aromatic N) is 1. The lowest BCUT2D eigenvalue weighted by molar-refractivity contribution is 0.628. The van der Waals surface area contributed by atoms with Gasteiger partial charge in [-0.25, -0.2) is 9.37 Å². The molecule has 0 bridgehead atoms. The Morgan fingerprint density at radius 3 is 2.75 bits per heavy atom. The molecule has 106 valence electrons. The molecule has 2 nitrogen and oxygen atoms in total. The van der Waals surface area contributed by atoms with Gasteiger partial charge in [0.2, 0.25) is 0 Å². The van der Waals surface area contributed by atoms with Crippen LogP contribution in [0, 0.1) is 16.4 Å². The molecular weight excluding hydrogens is 363 g/mol. The molecule has 2 aromatic rings. The highest BCUT2D eigenvalue weighted by Crippen LogP contribution is 2.28. The molecule has 20 heavy (non-hydrogen) atoms. The molecule has 0 spiro atoms. The zero-order valence-corrected chi connectivity index (χ0v) is 14.2. The van der Waals surface area contributed by atoms with Crippen LogP contribution in [-0.4, -0.2) is 9.97 Å². The van der Waals surface area contributed by atoms with Crippen LogP contribution in [0.2, 0.25) is 5.02 Å². The monoisotopic (exact) mass is 374 g/mol. The van der Waals surface area contributed by atoms with E-state index < -0.39 is 0 Å². The summed E-state index contributed by atoms with van der Waals surface area (Å²) in [5, 5.41) is 0.306. The SMILES string of the molecule is CC(C)Cc1[nH]c(-c2ccc(F)cc2Cl)nc(=S)c1Br. The fourth-order valence-corrected chi connectivity index (χ4v) is 2.68. The average Bonchev–Trinajstić information content (AvgIpc) is 2.34. The maximum absolute atomic E-state index is 13.1. The molecule has 0 atom stereocenters. The van der Waals surface area contributed by atoms with Crippen LogP contribution in [0.25, 0.3) is 11.4 Å². The summed E-state index contributed by atoms with van der Waals surface area (Å²) >= 11 is 14.8. The van der Waals surface area contributed by atoms with E-state index in [1.807, 2.05) is 0 Å². The first-order valence-corrected chi connectivity index (χ1v) is 7.70. The summed E-state index contributed by atoms with van der Waals surface area (Å²) in [7, 11) is 0. The molecule has 0 saturated carbocycles. The molecule has 0 aliphatic rings. The molecule has 0 radical (unpaired) electrons. The minimum Gasteiger partial charge on any atom is -0.342 e. The number of halogens is 3. The van der Waals surface area contributed by atoms with Crippen molar-refractivity contribution in [2.45, 2.75) is 20.3 Å². The molecule has 6 heteroatoms. The fraction of sp³-hybridized carbons (Fsp3) is 0.286. The first kappa shape index (κ1) is 15.6. The molecular formula is C14H13BrClFN2S. The molecule has 0 aliphatic heterocycles. The third kappa shape index (κ3) is 3.45. The third-order valence-electron chi connectivity index (χ3n) is 2.73. The molecule has 0 fully saturated rings. The highest BCUT2D eigenvalue weighted by atomic mass is 79.9. The van der Waals surface area contributed by atoms with Crippen molar-refractivity contribution in [3.8, 4) is 11.4 Å². The van der Waals surface area contributed by atoms with Crippen LogP contribution in [0.5, 0.6) is 0 Å². The van der Waals surface area contributed by atoms with Crippen molar-refractivity contribution in [2.24, 2.45) is 5.92 Å². The topological polar surface area (TPSA) is 28.7 Å². The lowest BCUT2D eigenvalue weighted by Gasteiger charge is -2.11. The second-order valence-corrected chi connectivity index (χ2v) is 6.49. The maximum atomic E-state index is 13.1. The predicted octanol–water partition coefficient (Wildman–Crippen LogP) is 5.56. The first-order valence-electron chi connectivity index (χ1n) is 6.12. The van der Waals surface area contributed by atoms with Crippen LogP contribution in [0.15, 0.2) is 22.7 Å². The summed E-state index contributed by atoms with van der Waals surface area (Å²) in [6.07, 6.45) is 0.832. The Hall–Kier alpha value is -0.780. The fourth-order valence-electron chi connectivity index (χ4n) is 1.86. The van der Waals surface area contributed by atoms with Crippen molar-refractivity contribution in [2.75, 3.05) is 0 Å². The Kier molecular flexibility index (Phi) is 4.94. The van der Waals surface area contributed by atoms with Gasteiger partial charge in [-0.15, -0.1) is 0 Å². The summed E-state index contributed by atoms with van der Waals surface area (Å²) in [4.78, 5) is 7.54. The van der Waals surface area contributed by atoms with Crippen molar-refractivity contribution in [3.05, 3.63) is 43.8 Å². The number of hydrogen-bond donors (Lipinski definition) is 1. The Labute approximate surface area is 135 Å². The van der Waals surface area contributed by atoms with Crippen molar-refractivity contribution in [1.29, 1.82) is 0 Å². The van der Waals surface area contributed by atoms with Gasteiger partial charge >= 0.3 is 0 Å². The minimum atomic E-state index is -0.378. The van der Waals surface area contributed by atoms with E-state index in [4.69, 9.17) is 23.8 Å². The van der Waals surface area contributed by atoms with Gasteiger partial charge < -0.3 is 4.98 Å². The van der Waals surface area contributed by atoms with Gasteiger partial charge in [0.15, 0.2) is 0 Å². The molecule has 0 aliphatic carbocycles. The van der Waals surface area contributed by atoms with Gasteiger partial charge in [-0.3, -0.25) is 0 Å². The number of rotatable bonds is 3. The van der Waals surface area contributed by atoms with Gasteiger partial charge in [-0.1, -0.05) is 37.7 Å². The quantitative estimate of drug-likeness (QED) is 0.711. The van der Waals surface area contributed by atoms with Gasteiger partial charge in [0.25, 0.3) is 0 Å². The van der Waals surface area contributed by atoms with Crippen LogP contribution in [-0.2, 0) is 6.42 Å². The average molecular weight is 376 g/mol. The van der Waals surface area contributed by atoms with E-state index in [-0.39, 0.29) is 5.82 Å². The second-order valence-electron chi connectivity index (χ2n) is 4.91. The van der Waals surface area contributed by atoms with Gasteiger partial charge in [0.05, 0.1) is 9.50 Å².